The molecule has 0 saturated heterocycles. The Labute approximate surface area is 72.9 Å². The summed E-state index contributed by atoms with van der Waals surface area (Å²) >= 11 is 0. The zero-order valence-corrected chi connectivity index (χ0v) is 7.50. The fourth-order valence-corrected chi connectivity index (χ4v) is 0.599. The van der Waals surface area contributed by atoms with Crippen LogP contribution in [0.4, 0.5) is 0 Å². The molecule has 0 aliphatic heterocycles. The van der Waals surface area contributed by atoms with Gasteiger partial charge in [-0.25, -0.2) is 0 Å². The summed E-state index contributed by atoms with van der Waals surface area (Å²) in [6.45, 7) is 7.49. The molecule has 0 rings (SSSR count). The van der Waals surface area contributed by atoms with E-state index in [1.807, 2.05) is 26.0 Å². The molecule has 0 atom stereocenters. The molecule has 0 aromatic heterocycles. The van der Waals surface area contributed by atoms with E-state index >= 15 is 0 Å². The maximum atomic E-state index is 10.2. The molecule has 0 spiro atoms. The van der Waals surface area contributed by atoms with Crippen LogP contribution in [0.5, 0.6) is 0 Å². The van der Waals surface area contributed by atoms with Crippen LogP contribution in [0.15, 0.2) is 36.0 Å². The maximum Gasteiger partial charge on any atom is 0.307 e. The highest BCUT2D eigenvalue weighted by molar-refractivity contribution is 5.70. The summed E-state index contributed by atoms with van der Waals surface area (Å²) in [6, 6.07) is 0. The molecule has 0 aliphatic carbocycles. The van der Waals surface area contributed by atoms with Gasteiger partial charge >= 0.3 is 5.97 Å². The molecule has 0 bridgehead atoms. The van der Waals surface area contributed by atoms with Crippen LogP contribution >= 0.6 is 0 Å². The van der Waals surface area contributed by atoms with Gasteiger partial charge in [0.25, 0.3) is 0 Å². The summed E-state index contributed by atoms with van der Waals surface area (Å²) in [7, 11) is 0. The van der Waals surface area contributed by atoms with Gasteiger partial charge in [-0.2, -0.15) is 0 Å². The highest BCUT2D eigenvalue weighted by Gasteiger charge is 1.96. The van der Waals surface area contributed by atoms with Crippen molar-refractivity contribution in [3.05, 3.63) is 36.0 Å². The van der Waals surface area contributed by atoms with Gasteiger partial charge in [0.05, 0.1) is 6.42 Å². The lowest BCUT2D eigenvalue weighted by Crippen LogP contribution is -1.94. The normalized spacial score (nSPS) is 12.0. The van der Waals surface area contributed by atoms with Crippen LogP contribution in [0.25, 0.3) is 0 Å². The SMILES string of the molecule is C=C(/C=C\C(C)=C/C)CC(=O)O. The number of hydrogen-bond acceptors (Lipinski definition) is 1. The van der Waals surface area contributed by atoms with Crippen molar-refractivity contribution in [2.24, 2.45) is 0 Å². The first kappa shape index (κ1) is 10.7. The van der Waals surface area contributed by atoms with Crippen LogP contribution in [-0.4, -0.2) is 11.1 Å². The molecular weight excluding hydrogens is 152 g/mol. The third-order valence-electron chi connectivity index (χ3n) is 1.42. The number of carbonyl (C=O) groups is 1. The number of allylic oxidation sites excluding steroid dienone is 4. The highest BCUT2D eigenvalue weighted by Crippen LogP contribution is 2.02. The molecular formula is C10H14O2. The van der Waals surface area contributed by atoms with Crippen molar-refractivity contribution in [3.8, 4) is 0 Å². The number of hydrogen-bond donors (Lipinski definition) is 1. The Morgan fingerprint density at radius 2 is 2.08 bits per heavy atom. The van der Waals surface area contributed by atoms with E-state index in [0.29, 0.717) is 5.57 Å². The van der Waals surface area contributed by atoms with Gasteiger partial charge in [0, 0.05) is 0 Å². The predicted molar refractivity (Wildman–Crippen MR) is 50.0 cm³/mol. The molecule has 0 fully saturated rings. The average molecular weight is 166 g/mol. The Morgan fingerprint density at radius 1 is 1.50 bits per heavy atom. The number of carboxylic acid groups (broad SMARTS) is 1. The zero-order valence-electron chi connectivity index (χ0n) is 7.50. The van der Waals surface area contributed by atoms with Crippen molar-refractivity contribution in [1.29, 1.82) is 0 Å². The molecule has 0 saturated carbocycles. The molecule has 12 heavy (non-hydrogen) atoms. The van der Waals surface area contributed by atoms with Gasteiger partial charge in [-0.05, 0) is 19.4 Å². The molecule has 0 aliphatic rings. The summed E-state index contributed by atoms with van der Waals surface area (Å²) in [4.78, 5) is 10.2. The minimum Gasteiger partial charge on any atom is -0.481 e. The quantitative estimate of drug-likeness (QED) is 0.651. The summed E-state index contributed by atoms with van der Waals surface area (Å²) in [5.41, 5.74) is 1.71. The number of carboxylic acids is 1. The molecule has 0 unspecified atom stereocenters. The van der Waals surface area contributed by atoms with E-state index < -0.39 is 5.97 Å². The van der Waals surface area contributed by atoms with Gasteiger partial charge in [0.15, 0.2) is 0 Å². The molecule has 66 valence electrons. The van der Waals surface area contributed by atoms with Crippen molar-refractivity contribution in [2.45, 2.75) is 20.3 Å². The van der Waals surface area contributed by atoms with Crippen LogP contribution in [0.2, 0.25) is 0 Å². The van der Waals surface area contributed by atoms with Gasteiger partial charge < -0.3 is 5.11 Å². The fraction of sp³-hybridized carbons (Fsp3) is 0.300. The minimum atomic E-state index is -0.845. The van der Waals surface area contributed by atoms with E-state index in [-0.39, 0.29) is 6.42 Å². The van der Waals surface area contributed by atoms with Crippen molar-refractivity contribution in [3.63, 3.8) is 0 Å². The van der Waals surface area contributed by atoms with Crippen LogP contribution in [0.3, 0.4) is 0 Å². The van der Waals surface area contributed by atoms with Gasteiger partial charge in [-0.1, -0.05) is 30.4 Å². The number of aliphatic carboxylic acids is 1. The summed E-state index contributed by atoms with van der Waals surface area (Å²) in [6.07, 6.45) is 5.53. The Balaban J connectivity index is 4.01. The van der Waals surface area contributed by atoms with E-state index in [1.165, 1.54) is 0 Å². The Bertz CT molecular complexity index is 234. The molecule has 0 aromatic carbocycles. The highest BCUT2D eigenvalue weighted by atomic mass is 16.4. The van der Waals surface area contributed by atoms with Gasteiger partial charge in [0.2, 0.25) is 0 Å². The molecule has 1 N–H and O–H groups in total. The van der Waals surface area contributed by atoms with Crippen LogP contribution < -0.4 is 0 Å². The average Bonchev–Trinajstić information content (AvgIpc) is 1.99. The van der Waals surface area contributed by atoms with Crippen LogP contribution in [0.1, 0.15) is 20.3 Å². The smallest absolute Gasteiger partial charge is 0.307 e. The molecule has 0 amide bonds. The first-order chi connectivity index (χ1) is 5.56. The maximum absolute atomic E-state index is 10.2. The van der Waals surface area contributed by atoms with E-state index in [9.17, 15) is 4.79 Å². The second-order valence-electron chi connectivity index (χ2n) is 2.59. The predicted octanol–water partition coefficient (Wildman–Crippen LogP) is 2.54. The van der Waals surface area contributed by atoms with E-state index in [2.05, 4.69) is 6.58 Å². The minimum absolute atomic E-state index is 0.00743. The number of rotatable bonds is 4. The Morgan fingerprint density at radius 3 is 2.50 bits per heavy atom. The lowest BCUT2D eigenvalue weighted by atomic mass is 10.1. The molecule has 2 heteroatoms. The molecule has 0 radical (unpaired) electrons. The molecule has 2 nitrogen and oxygen atoms in total. The van der Waals surface area contributed by atoms with Crippen molar-refractivity contribution in [1.82, 2.24) is 0 Å². The first-order valence-corrected chi connectivity index (χ1v) is 3.77. The standard InChI is InChI=1S/C10H14O2/c1-4-8(2)5-6-9(3)7-10(11)12/h4-6H,3,7H2,1-2H3,(H,11,12)/b6-5-,8-4-. The lowest BCUT2D eigenvalue weighted by molar-refractivity contribution is -0.136. The Kier molecular flexibility index (Phi) is 4.77. The Hall–Kier alpha value is -1.31. The van der Waals surface area contributed by atoms with E-state index in [0.717, 1.165) is 5.57 Å². The fourth-order valence-electron chi connectivity index (χ4n) is 0.599. The van der Waals surface area contributed by atoms with Crippen molar-refractivity contribution >= 4 is 5.97 Å². The monoisotopic (exact) mass is 166 g/mol. The summed E-state index contributed by atoms with van der Waals surface area (Å²) < 4.78 is 0. The second-order valence-corrected chi connectivity index (χ2v) is 2.59. The lowest BCUT2D eigenvalue weighted by Gasteiger charge is -1.93. The van der Waals surface area contributed by atoms with Crippen molar-refractivity contribution in [2.75, 3.05) is 0 Å². The van der Waals surface area contributed by atoms with Crippen LogP contribution in [0, 0.1) is 0 Å². The van der Waals surface area contributed by atoms with Gasteiger partial charge in [0.1, 0.15) is 0 Å². The summed E-state index contributed by atoms with van der Waals surface area (Å²) in [5.74, 6) is -0.845. The van der Waals surface area contributed by atoms with Gasteiger partial charge in [-0.3, -0.25) is 4.79 Å². The first-order valence-electron chi connectivity index (χ1n) is 3.77. The van der Waals surface area contributed by atoms with E-state index in [1.54, 1.807) is 6.08 Å². The van der Waals surface area contributed by atoms with Gasteiger partial charge in [-0.15, -0.1) is 0 Å². The summed E-state index contributed by atoms with van der Waals surface area (Å²) in [5, 5.41) is 8.40. The third kappa shape index (κ3) is 5.47. The second kappa shape index (κ2) is 5.35. The largest absolute Gasteiger partial charge is 0.481 e. The molecule has 0 heterocycles. The van der Waals surface area contributed by atoms with E-state index in [4.69, 9.17) is 5.11 Å². The molecule has 0 aromatic rings. The van der Waals surface area contributed by atoms with Crippen LogP contribution in [-0.2, 0) is 4.79 Å². The third-order valence-corrected chi connectivity index (χ3v) is 1.42. The zero-order chi connectivity index (χ0) is 9.56. The van der Waals surface area contributed by atoms with Crippen molar-refractivity contribution < 1.29 is 9.90 Å². The topological polar surface area (TPSA) is 37.3 Å².